The van der Waals surface area contributed by atoms with Gasteiger partial charge in [-0.1, -0.05) is 30.7 Å². The fourth-order valence-electron chi connectivity index (χ4n) is 5.42. The first-order valence-corrected chi connectivity index (χ1v) is 14.6. The summed E-state index contributed by atoms with van der Waals surface area (Å²) in [5, 5.41) is 6.12. The first-order chi connectivity index (χ1) is 20.6. The topological polar surface area (TPSA) is 118 Å². The fraction of sp³-hybridized carbons (Fsp3) is 0.419. The predicted molar refractivity (Wildman–Crippen MR) is 158 cm³/mol. The van der Waals surface area contributed by atoms with Gasteiger partial charge in [0, 0.05) is 24.7 Å². The van der Waals surface area contributed by atoms with Gasteiger partial charge in [0.15, 0.2) is 18.2 Å². The van der Waals surface area contributed by atoms with Gasteiger partial charge in [0.2, 0.25) is 5.88 Å². The molecule has 3 aliphatic rings. The van der Waals surface area contributed by atoms with Gasteiger partial charge in [-0.05, 0) is 68.7 Å². The SMILES string of the molecule is O=C1COc2ccc(N3C[C@H](CCNCc4cccc(-c5cccc(OCCN6CCCCC6)n5)c4)OC3=O)nc2N1. The number of hydrogen-bond acceptors (Lipinski definition) is 9. The van der Waals surface area contributed by atoms with Crippen molar-refractivity contribution >= 4 is 23.6 Å². The summed E-state index contributed by atoms with van der Waals surface area (Å²) in [5.74, 6) is 1.59. The highest BCUT2D eigenvalue weighted by Gasteiger charge is 2.33. The minimum absolute atomic E-state index is 0.0444. The van der Waals surface area contributed by atoms with Crippen LogP contribution in [0, 0.1) is 0 Å². The van der Waals surface area contributed by atoms with E-state index in [1.807, 2.05) is 24.3 Å². The number of nitrogens with zero attached hydrogens (tertiary/aromatic N) is 4. The van der Waals surface area contributed by atoms with E-state index in [1.54, 1.807) is 12.1 Å². The molecule has 0 unspecified atom stereocenters. The van der Waals surface area contributed by atoms with Crippen LogP contribution in [-0.2, 0) is 16.1 Å². The molecule has 11 nitrogen and oxygen atoms in total. The molecule has 11 heteroatoms. The molecule has 0 saturated carbocycles. The van der Waals surface area contributed by atoms with E-state index in [0.29, 0.717) is 55.9 Å². The molecule has 2 aromatic heterocycles. The maximum absolute atomic E-state index is 12.5. The molecule has 0 bridgehead atoms. The number of amides is 2. The summed E-state index contributed by atoms with van der Waals surface area (Å²) in [7, 11) is 0. The molecule has 5 heterocycles. The Bertz CT molecular complexity index is 1410. The Balaban J connectivity index is 0.966. The number of benzene rings is 1. The van der Waals surface area contributed by atoms with Crippen LogP contribution >= 0.6 is 0 Å². The molecule has 0 radical (unpaired) electrons. The quantitative estimate of drug-likeness (QED) is 0.331. The average molecular weight is 573 g/mol. The molecule has 0 spiro atoms. The molecule has 0 aliphatic carbocycles. The first kappa shape index (κ1) is 27.9. The van der Waals surface area contributed by atoms with Crippen molar-refractivity contribution in [1.82, 2.24) is 20.2 Å². The second-order valence-corrected chi connectivity index (χ2v) is 10.7. The number of nitrogens with one attached hydrogen (secondary N) is 2. The number of piperidine rings is 1. The maximum atomic E-state index is 12.5. The van der Waals surface area contributed by atoms with Crippen molar-refractivity contribution in [2.24, 2.45) is 0 Å². The summed E-state index contributed by atoms with van der Waals surface area (Å²) in [6, 6.07) is 17.6. The average Bonchev–Trinajstić information content (AvgIpc) is 3.40. The minimum Gasteiger partial charge on any atom is -0.480 e. The molecule has 3 aliphatic heterocycles. The number of likely N-dealkylation sites (tertiary alicyclic amines) is 1. The Hall–Kier alpha value is -4.22. The second-order valence-electron chi connectivity index (χ2n) is 10.7. The molecule has 42 heavy (non-hydrogen) atoms. The highest BCUT2D eigenvalue weighted by atomic mass is 16.6. The number of anilines is 2. The number of hydrogen-bond donors (Lipinski definition) is 2. The van der Waals surface area contributed by atoms with Crippen LogP contribution in [0.15, 0.2) is 54.6 Å². The molecule has 2 N–H and O–H groups in total. The minimum atomic E-state index is -0.451. The zero-order chi connectivity index (χ0) is 28.7. The number of carbonyl (C=O) groups is 2. The van der Waals surface area contributed by atoms with Crippen molar-refractivity contribution in [3.8, 4) is 22.9 Å². The second kappa shape index (κ2) is 13.2. The van der Waals surface area contributed by atoms with Gasteiger partial charge in [0.1, 0.15) is 18.5 Å². The molecule has 6 rings (SSSR count). The van der Waals surface area contributed by atoms with Gasteiger partial charge >= 0.3 is 6.09 Å². The van der Waals surface area contributed by atoms with Crippen LogP contribution in [0.4, 0.5) is 16.4 Å². The Morgan fingerprint density at radius 3 is 2.81 bits per heavy atom. The van der Waals surface area contributed by atoms with Crippen molar-refractivity contribution in [2.45, 2.75) is 38.3 Å². The predicted octanol–water partition coefficient (Wildman–Crippen LogP) is 3.84. The van der Waals surface area contributed by atoms with Crippen molar-refractivity contribution < 1.29 is 23.8 Å². The number of ether oxygens (including phenoxy) is 3. The molecule has 220 valence electrons. The monoisotopic (exact) mass is 572 g/mol. The lowest BCUT2D eigenvalue weighted by molar-refractivity contribution is -0.118. The van der Waals surface area contributed by atoms with Gasteiger partial charge < -0.3 is 24.8 Å². The Labute approximate surface area is 245 Å². The molecule has 2 saturated heterocycles. The summed E-state index contributed by atoms with van der Waals surface area (Å²) in [4.78, 5) is 37.2. The van der Waals surface area contributed by atoms with Gasteiger partial charge in [-0.3, -0.25) is 14.6 Å². The highest BCUT2D eigenvalue weighted by Crippen LogP contribution is 2.30. The normalized spacial score (nSPS) is 18.7. The van der Waals surface area contributed by atoms with E-state index in [-0.39, 0.29) is 18.6 Å². The van der Waals surface area contributed by atoms with Gasteiger partial charge in [-0.15, -0.1) is 0 Å². The van der Waals surface area contributed by atoms with Crippen molar-refractivity contribution in [3.05, 3.63) is 60.2 Å². The Morgan fingerprint density at radius 1 is 1.02 bits per heavy atom. The van der Waals surface area contributed by atoms with Gasteiger partial charge in [-0.25, -0.2) is 14.8 Å². The lowest BCUT2D eigenvalue weighted by Gasteiger charge is -2.26. The van der Waals surface area contributed by atoms with Crippen LogP contribution in [0.25, 0.3) is 11.3 Å². The molecule has 2 fully saturated rings. The lowest BCUT2D eigenvalue weighted by Crippen LogP contribution is -2.33. The van der Waals surface area contributed by atoms with E-state index in [9.17, 15) is 9.59 Å². The van der Waals surface area contributed by atoms with E-state index in [2.05, 4.69) is 38.7 Å². The van der Waals surface area contributed by atoms with E-state index in [0.717, 1.165) is 36.5 Å². The van der Waals surface area contributed by atoms with Gasteiger partial charge in [-0.2, -0.15) is 0 Å². The van der Waals surface area contributed by atoms with Gasteiger partial charge in [0.05, 0.1) is 12.2 Å². The number of carbonyl (C=O) groups excluding carboxylic acids is 2. The first-order valence-electron chi connectivity index (χ1n) is 14.6. The van der Waals surface area contributed by atoms with Crippen LogP contribution in [0.3, 0.4) is 0 Å². The number of pyridine rings is 2. The Morgan fingerprint density at radius 2 is 1.90 bits per heavy atom. The number of cyclic esters (lactones) is 1. The molecular formula is C31H36N6O5. The van der Waals surface area contributed by atoms with Crippen LogP contribution < -0.4 is 25.0 Å². The van der Waals surface area contributed by atoms with Crippen LogP contribution in [0.1, 0.15) is 31.2 Å². The number of rotatable bonds is 11. The van der Waals surface area contributed by atoms with Crippen molar-refractivity contribution in [2.75, 3.05) is 56.2 Å². The standard InChI is InChI=1S/C31H36N6O5/c38-28-21-41-26-10-11-27(34-30(26)35-28)37-20-24(42-31(37)39)12-13-32-19-22-6-4-7-23(18-22)25-8-5-9-29(33-25)40-17-16-36-14-2-1-3-15-36/h4-11,18,24,32H,1-3,12-17,19-21H2,(H,34,35,38)/t24-/m0/s1. The molecule has 2 amide bonds. The largest absolute Gasteiger partial charge is 0.480 e. The third-order valence-corrected chi connectivity index (χ3v) is 7.64. The highest BCUT2D eigenvalue weighted by molar-refractivity contribution is 5.95. The van der Waals surface area contributed by atoms with E-state index in [1.165, 1.54) is 24.2 Å². The van der Waals surface area contributed by atoms with Gasteiger partial charge in [0.25, 0.3) is 5.91 Å². The summed E-state index contributed by atoms with van der Waals surface area (Å²) >= 11 is 0. The molecule has 1 aromatic carbocycles. The summed E-state index contributed by atoms with van der Waals surface area (Å²) in [6.45, 7) is 5.60. The molecular weight excluding hydrogens is 536 g/mol. The maximum Gasteiger partial charge on any atom is 0.415 e. The smallest absolute Gasteiger partial charge is 0.415 e. The summed E-state index contributed by atoms with van der Waals surface area (Å²) in [5.41, 5.74) is 3.06. The lowest BCUT2D eigenvalue weighted by atomic mass is 10.1. The van der Waals surface area contributed by atoms with E-state index < -0.39 is 6.09 Å². The van der Waals surface area contributed by atoms with Crippen LogP contribution in [-0.4, -0.2) is 78.9 Å². The fourth-order valence-corrected chi connectivity index (χ4v) is 5.42. The Kier molecular flexibility index (Phi) is 8.76. The molecule has 1 atom stereocenters. The summed E-state index contributed by atoms with van der Waals surface area (Å²) in [6.07, 6.45) is 3.83. The van der Waals surface area contributed by atoms with E-state index >= 15 is 0 Å². The third kappa shape index (κ3) is 6.97. The zero-order valence-electron chi connectivity index (χ0n) is 23.6. The summed E-state index contributed by atoms with van der Waals surface area (Å²) < 4.78 is 16.9. The molecule has 3 aromatic rings. The van der Waals surface area contributed by atoms with Crippen LogP contribution in [0.2, 0.25) is 0 Å². The van der Waals surface area contributed by atoms with Crippen molar-refractivity contribution in [3.63, 3.8) is 0 Å². The number of fused-ring (bicyclic) bond motifs is 1. The van der Waals surface area contributed by atoms with Crippen molar-refractivity contribution in [1.29, 1.82) is 0 Å². The number of aromatic nitrogens is 2. The third-order valence-electron chi connectivity index (χ3n) is 7.64. The van der Waals surface area contributed by atoms with E-state index in [4.69, 9.17) is 19.2 Å². The zero-order valence-corrected chi connectivity index (χ0v) is 23.6. The van der Waals surface area contributed by atoms with Crippen LogP contribution in [0.5, 0.6) is 11.6 Å².